The van der Waals surface area contributed by atoms with Crippen LogP contribution in [0.15, 0.2) is 18.2 Å². The van der Waals surface area contributed by atoms with E-state index in [2.05, 4.69) is 44.4 Å². The van der Waals surface area contributed by atoms with E-state index in [0.29, 0.717) is 12.1 Å². The van der Waals surface area contributed by atoms with Crippen LogP contribution in [0.5, 0.6) is 0 Å². The monoisotopic (exact) mass is 261 g/mol. The summed E-state index contributed by atoms with van der Waals surface area (Å²) in [6, 6.07) is 7.29. The van der Waals surface area contributed by atoms with Gasteiger partial charge in [0.2, 0.25) is 0 Å². The molecule has 1 N–H and O–H groups in total. The SMILES string of the molecule is CNC(CCC1CCCCO1)c1cc(C)cc(C)c1. The van der Waals surface area contributed by atoms with Crippen molar-refractivity contribution < 1.29 is 4.74 Å². The van der Waals surface area contributed by atoms with Crippen LogP contribution in [-0.2, 0) is 4.74 Å². The van der Waals surface area contributed by atoms with Gasteiger partial charge in [-0.05, 0) is 58.6 Å². The summed E-state index contributed by atoms with van der Waals surface area (Å²) in [5.74, 6) is 0. The first-order valence-electron chi connectivity index (χ1n) is 7.56. The molecule has 106 valence electrons. The number of aryl methyl sites for hydroxylation is 2. The smallest absolute Gasteiger partial charge is 0.0575 e. The molecule has 1 saturated heterocycles. The largest absolute Gasteiger partial charge is 0.378 e. The number of benzene rings is 1. The van der Waals surface area contributed by atoms with Gasteiger partial charge in [0.05, 0.1) is 6.10 Å². The summed E-state index contributed by atoms with van der Waals surface area (Å²) in [5.41, 5.74) is 4.11. The van der Waals surface area contributed by atoms with Crippen molar-refractivity contribution in [3.63, 3.8) is 0 Å². The average Bonchev–Trinajstić information content (AvgIpc) is 2.39. The second kappa shape index (κ2) is 7.06. The van der Waals surface area contributed by atoms with Gasteiger partial charge in [-0.25, -0.2) is 0 Å². The quantitative estimate of drug-likeness (QED) is 0.867. The van der Waals surface area contributed by atoms with E-state index in [-0.39, 0.29) is 0 Å². The summed E-state index contributed by atoms with van der Waals surface area (Å²) < 4.78 is 5.83. The first kappa shape index (κ1) is 14.5. The third kappa shape index (κ3) is 4.32. The molecular weight excluding hydrogens is 234 g/mol. The van der Waals surface area contributed by atoms with Gasteiger partial charge in [0, 0.05) is 12.6 Å². The highest BCUT2D eigenvalue weighted by atomic mass is 16.5. The highest BCUT2D eigenvalue weighted by molar-refractivity contribution is 5.30. The molecule has 1 heterocycles. The van der Waals surface area contributed by atoms with Gasteiger partial charge in [0.15, 0.2) is 0 Å². The van der Waals surface area contributed by atoms with E-state index < -0.39 is 0 Å². The third-order valence-corrected chi connectivity index (χ3v) is 4.05. The van der Waals surface area contributed by atoms with E-state index in [4.69, 9.17) is 4.74 Å². The molecule has 2 rings (SSSR count). The molecule has 19 heavy (non-hydrogen) atoms. The van der Waals surface area contributed by atoms with Crippen LogP contribution in [0.3, 0.4) is 0 Å². The van der Waals surface area contributed by atoms with Gasteiger partial charge in [0.1, 0.15) is 0 Å². The Kier molecular flexibility index (Phi) is 5.41. The van der Waals surface area contributed by atoms with Crippen LogP contribution in [0.2, 0.25) is 0 Å². The predicted octanol–water partition coefficient (Wildman–Crippen LogP) is 3.91. The Labute approximate surface area is 117 Å². The van der Waals surface area contributed by atoms with Crippen molar-refractivity contribution in [2.75, 3.05) is 13.7 Å². The summed E-state index contributed by atoms with van der Waals surface area (Å²) in [7, 11) is 2.06. The van der Waals surface area contributed by atoms with Crippen molar-refractivity contribution in [2.45, 2.75) is 58.1 Å². The second-order valence-electron chi connectivity index (χ2n) is 5.83. The van der Waals surface area contributed by atoms with E-state index in [0.717, 1.165) is 13.0 Å². The number of rotatable bonds is 5. The molecule has 2 unspecified atom stereocenters. The van der Waals surface area contributed by atoms with Crippen molar-refractivity contribution >= 4 is 0 Å². The Morgan fingerprint density at radius 2 is 1.95 bits per heavy atom. The number of hydrogen-bond donors (Lipinski definition) is 1. The maximum Gasteiger partial charge on any atom is 0.0575 e. The highest BCUT2D eigenvalue weighted by Gasteiger charge is 2.17. The maximum absolute atomic E-state index is 5.83. The van der Waals surface area contributed by atoms with Crippen molar-refractivity contribution in [1.29, 1.82) is 0 Å². The van der Waals surface area contributed by atoms with Crippen LogP contribution in [0.25, 0.3) is 0 Å². The molecule has 1 fully saturated rings. The van der Waals surface area contributed by atoms with Crippen molar-refractivity contribution in [2.24, 2.45) is 0 Å². The molecule has 1 aromatic carbocycles. The lowest BCUT2D eigenvalue weighted by molar-refractivity contribution is 0.00866. The fourth-order valence-electron chi connectivity index (χ4n) is 3.08. The molecule has 1 aromatic rings. The number of hydrogen-bond acceptors (Lipinski definition) is 2. The predicted molar refractivity (Wildman–Crippen MR) is 80.5 cm³/mol. The first-order chi connectivity index (χ1) is 9.19. The molecule has 2 atom stereocenters. The van der Waals surface area contributed by atoms with Crippen LogP contribution in [0.4, 0.5) is 0 Å². The molecule has 0 radical (unpaired) electrons. The molecule has 1 aliphatic rings. The zero-order chi connectivity index (χ0) is 13.7. The first-order valence-corrected chi connectivity index (χ1v) is 7.56. The van der Waals surface area contributed by atoms with E-state index in [1.807, 2.05) is 0 Å². The fraction of sp³-hybridized carbons (Fsp3) is 0.647. The molecule has 0 amide bonds. The zero-order valence-electron chi connectivity index (χ0n) is 12.5. The molecule has 0 saturated carbocycles. The van der Waals surface area contributed by atoms with Crippen molar-refractivity contribution in [3.8, 4) is 0 Å². The second-order valence-corrected chi connectivity index (χ2v) is 5.83. The topological polar surface area (TPSA) is 21.3 Å². The molecule has 0 bridgehead atoms. The minimum absolute atomic E-state index is 0.448. The molecule has 0 spiro atoms. The van der Waals surface area contributed by atoms with E-state index in [9.17, 15) is 0 Å². The normalized spacial score (nSPS) is 21.3. The van der Waals surface area contributed by atoms with Gasteiger partial charge in [-0.15, -0.1) is 0 Å². The number of nitrogens with one attached hydrogen (secondary N) is 1. The van der Waals surface area contributed by atoms with Crippen LogP contribution in [-0.4, -0.2) is 19.8 Å². The van der Waals surface area contributed by atoms with Crippen LogP contribution >= 0.6 is 0 Å². The van der Waals surface area contributed by atoms with E-state index in [1.54, 1.807) is 0 Å². The van der Waals surface area contributed by atoms with E-state index in [1.165, 1.54) is 42.4 Å². The van der Waals surface area contributed by atoms with Gasteiger partial charge >= 0.3 is 0 Å². The Balaban J connectivity index is 1.95. The number of ether oxygens (including phenoxy) is 1. The molecule has 1 aliphatic heterocycles. The highest BCUT2D eigenvalue weighted by Crippen LogP contribution is 2.25. The Morgan fingerprint density at radius 3 is 2.53 bits per heavy atom. The van der Waals surface area contributed by atoms with Crippen molar-refractivity contribution in [1.82, 2.24) is 5.32 Å². The lowest BCUT2D eigenvalue weighted by Gasteiger charge is -2.25. The summed E-state index contributed by atoms with van der Waals surface area (Å²) in [5, 5.41) is 3.46. The van der Waals surface area contributed by atoms with Gasteiger partial charge < -0.3 is 10.1 Å². The Morgan fingerprint density at radius 1 is 1.21 bits per heavy atom. The fourth-order valence-corrected chi connectivity index (χ4v) is 3.08. The molecule has 0 aromatic heterocycles. The minimum Gasteiger partial charge on any atom is -0.378 e. The standard InChI is InChI=1S/C17H27NO/c1-13-10-14(2)12-15(11-13)17(18-3)8-7-16-6-4-5-9-19-16/h10-12,16-18H,4-9H2,1-3H3. The minimum atomic E-state index is 0.448. The van der Waals surface area contributed by atoms with Gasteiger partial charge in [0.25, 0.3) is 0 Å². The Hall–Kier alpha value is -0.860. The summed E-state index contributed by atoms with van der Waals surface area (Å²) in [6.45, 7) is 5.30. The van der Waals surface area contributed by atoms with E-state index >= 15 is 0 Å². The summed E-state index contributed by atoms with van der Waals surface area (Å²) >= 11 is 0. The molecule has 0 aliphatic carbocycles. The maximum atomic E-state index is 5.83. The van der Waals surface area contributed by atoms with Gasteiger partial charge in [-0.2, -0.15) is 0 Å². The summed E-state index contributed by atoms with van der Waals surface area (Å²) in [4.78, 5) is 0. The van der Waals surface area contributed by atoms with Gasteiger partial charge in [-0.3, -0.25) is 0 Å². The van der Waals surface area contributed by atoms with Crippen LogP contribution in [0, 0.1) is 13.8 Å². The summed E-state index contributed by atoms with van der Waals surface area (Å²) in [6.07, 6.45) is 6.61. The third-order valence-electron chi connectivity index (χ3n) is 4.05. The lowest BCUT2D eigenvalue weighted by atomic mass is 9.95. The van der Waals surface area contributed by atoms with Crippen molar-refractivity contribution in [3.05, 3.63) is 34.9 Å². The van der Waals surface area contributed by atoms with Gasteiger partial charge in [-0.1, -0.05) is 29.3 Å². The molecular formula is C17H27NO. The Bertz CT molecular complexity index is 376. The zero-order valence-corrected chi connectivity index (χ0v) is 12.5. The molecule has 2 nitrogen and oxygen atoms in total. The average molecular weight is 261 g/mol. The van der Waals surface area contributed by atoms with Crippen LogP contribution < -0.4 is 5.32 Å². The molecule has 2 heteroatoms. The van der Waals surface area contributed by atoms with Crippen LogP contribution in [0.1, 0.15) is 54.8 Å². The lowest BCUT2D eigenvalue weighted by Crippen LogP contribution is -2.23.